The lowest BCUT2D eigenvalue weighted by Gasteiger charge is -2.35. The van der Waals surface area contributed by atoms with E-state index in [4.69, 9.17) is 0 Å². The van der Waals surface area contributed by atoms with E-state index in [0.29, 0.717) is 49.8 Å². The van der Waals surface area contributed by atoms with E-state index >= 15 is 0 Å². The van der Waals surface area contributed by atoms with Crippen LogP contribution < -0.4 is 4.90 Å². The van der Waals surface area contributed by atoms with Gasteiger partial charge >= 0.3 is 0 Å². The molecule has 1 fully saturated rings. The first-order valence-corrected chi connectivity index (χ1v) is 9.40. The van der Waals surface area contributed by atoms with Crippen molar-refractivity contribution in [3.8, 4) is 0 Å². The van der Waals surface area contributed by atoms with E-state index < -0.39 is 0 Å². The van der Waals surface area contributed by atoms with Crippen molar-refractivity contribution in [2.24, 2.45) is 5.92 Å². The Labute approximate surface area is 161 Å². The third-order valence-corrected chi connectivity index (χ3v) is 4.86. The van der Waals surface area contributed by atoms with Crippen LogP contribution in [0.1, 0.15) is 37.0 Å². The number of likely N-dealkylation sites (N-methyl/N-ethyl adjacent to an activating group) is 1. The summed E-state index contributed by atoms with van der Waals surface area (Å²) in [6, 6.07) is 6.95. The van der Waals surface area contributed by atoms with Gasteiger partial charge in [0.05, 0.1) is 0 Å². The lowest BCUT2D eigenvalue weighted by Crippen LogP contribution is -2.50. The molecule has 146 valence electrons. The van der Waals surface area contributed by atoms with Crippen LogP contribution in [0.4, 0.5) is 5.69 Å². The second-order valence-corrected chi connectivity index (χ2v) is 7.25. The third kappa shape index (κ3) is 5.42. The number of carbonyl (C=O) groups is 3. The molecular weight excluding hydrogens is 342 g/mol. The summed E-state index contributed by atoms with van der Waals surface area (Å²) >= 11 is 0. The summed E-state index contributed by atoms with van der Waals surface area (Å²) in [6.07, 6.45) is 2.72. The Bertz CT molecular complexity index is 689. The van der Waals surface area contributed by atoms with E-state index in [1.165, 1.54) is 11.0 Å². The molecule has 0 radical (unpaired) electrons. The second-order valence-electron chi connectivity index (χ2n) is 7.25. The van der Waals surface area contributed by atoms with Crippen LogP contribution in [0, 0.1) is 5.92 Å². The molecule has 2 rings (SSSR count). The molecule has 0 aromatic heterocycles. The topological polar surface area (TPSA) is 60.9 Å². The molecule has 6 heteroatoms. The summed E-state index contributed by atoms with van der Waals surface area (Å²) < 4.78 is 0. The summed E-state index contributed by atoms with van der Waals surface area (Å²) in [4.78, 5) is 41.7. The zero-order valence-corrected chi connectivity index (χ0v) is 16.5. The van der Waals surface area contributed by atoms with Gasteiger partial charge in [0.2, 0.25) is 11.8 Å². The summed E-state index contributed by atoms with van der Waals surface area (Å²) in [7, 11) is 1.66. The number of amides is 3. The first-order chi connectivity index (χ1) is 12.8. The largest absolute Gasteiger partial charge is 0.339 e. The number of carbonyl (C=O) groups excluding carboxylic acids is 3. The van der Waals surface area contributed by atoms with Crippen LogP contribution in [0.3, 0.4) is 0 Å². The van der Waals surface area contributed by atoms with E-state index in [1.807, 2.05) is 4.90 Å². The fraction of sp³-hybridized carbons (Fsp3) is 0.476. The summed E-state index contributed by atoms with van der Waals surface area (Å²) in [5, 5.41) is 0. The summed E-state index contributed by atoms with van der Waals surface area (Å²) in [6.45, 7) is 9.95. The van der Waals surface area contributed by atoms with Gasteiger partial charge in [-0.05, 0) is 42.7 Å². The van der Waals surface area contributed by atoms with Gasteiger partial charge in [0.15, 0.2) is 0 Å². The van der Waals surface area contributed by atoms with Crippen molar-refractivity contribution >= 4 is 23.4 Å². The number of benzene rings is 1. The lowest BCUT2D eigenvalue weighted by molar-refractivity contribution is -0.133. The van der Waals surface area contributed by atoms with Gasteiger partial charge in [-0.25, -0.2) is 0 Å². The average Bonchev–Trinajstić information content (AvgIpc) is 2.70. The van der Waals surface area contributed by atoms with Gasteiger partial charge in [-0.1, -0.05) is 20.4 Å². The molecule has 1 aromatic rings. The number of piperazine rings is 1. The van der Waals surface area contributed by atoms with Crippen molar-refractivity contribution in [2.45, 2.75) is 26.7 Å². The first-order valence-electron chi connectivity index (χ1n) is 9.40. The Morgan fingerprint density at radius 2 is 1.63 bits per heavy atom. The maximum absolute atomic E-state index is 12.7. The Morgan fingerprint density at radius 3 is 2.15 bits per heavy atom. The highest BCUT2D eigenvalue weighted by Crippen LogP contribution is 2.17. The van der Waals surface area contributed by atoms with Crippen LogP contribution >= 0.6 is 0 Å². The van der Waals surface area contributed by atoms with E-state index in [0.717, 1.165) is 6.42 Å². The zero-order chi connectivity index (χ0) is 20.0. The van der Waals surface area contributed by atoms with Crippen molar-refractivity contribution in [1.82, 2.24) is 9.80 Å². The van der Waals surface area contributed by atoms with E-state index in [1.54, 1.807) is 36.2 Å². The Balaban J connectivity index is 1.91. The highest BCUT2D eigenvalue weighted by molar-refractivity contribution is 6.01. The first kappa shape index (κ1) is 20.7. The molecule has 6 nitrogen and oxygen atoms in total. The van der Waals surface area contributed by atoms with Gasteiger partial charge in [-0.15, -0.1) is 0 Å². The molecule has 3 amide bonds. The van der Waals surface area contributed by atoms with Crippen LogP contribution in [-0.4, -0.2) is 60.7 Å². The molecular formula is C21H29N3O3. The van der Waals surface area contributed by atoms with Gasteiger partial charge in [-0.3, -0.25) is 14.4 Å². The van der Waals surface area contributed by atoms with Gasteiger partial charge in [0.25, 0.3) is 5.91 Å². The molecule has 1 aliphatic heterocycles. The lowest BCUT2D eigenvalue weighted by atomic mass is 10.1. The average molecular weight is 371 g/mol. The molecule has 1 saturated heterocycles. The molecule has 0 N–H and O–H groups in total. The van der Waals surface area contributed by atoms with Gasteiger partial charge < -0.3 is 14.7 Å². The molecule has 0 saturated carbocycles. The number of hydrogen-bond donors (Lipinski definition) is 0. The van der Waals surface area contributed by atoms with Crippen LogP contribution in [0.15, 0.2) is 36.9 Å². The van der Waals surface area contributed by atoms with Gasteiger partial charge in [-0.2, -0.15) is 0 Å². The zero-order valence-electron chi connectivity index (χ0n) is 16.5. The van der Waals surface area contributed by atoms with E-state index in [9.17, 15) is 14.4 Å². The Hall–Kier alpha value is -2.63. The highest BCUT2D eigenvalue weighted by Gasteiger charge is 2.24. The predicted molar refractivity (Wildman–Crippen MR) is 107 cm³/mol. The molecule has 0 atom stereocenters. The van der Waals surface area contributed by atoms with Crippen LogP contribution in [0.2, 0.25) is 0 Å². The standard InChI is InChI=1S/C21H29N3O3/c1-5-19(25)22(4)18-9-7-17(8-10-18)21(27)24-14-12-23(13-15-24)20(26)11-6-16(2)3/h5,7-10,16H,1,6,11-15H2,2-4H3. The van der Waals surface area contributed by atoms with Crippen molar-refractivity contribution < 1.29 is 14.4 Å². The number of nitrogens with zero attached hydrogens (tertiary/aromatic N) is 3. The molecule has 0 aliphatic carbocycles. The minimum Gasteiger partial charge on any atom is -0.339 e. The number of rotatable bonds is 6. The van der Waals surface area contributed by atoms with E-state index in [2.05, 4.69) is 20.4 Å². The van der Waals surface area contributed by atoms with Crippen LogP contribution in [-0.2, 0) is 9.59 Å². The Morgan fingerprint density at radius 1 is 1.07 bits per heavy atom. The fourth-order valence-corrected chi connectivity index (χ4v) is 3.00. The van der Waals surface area contributed by atoms with Gasteiger partial charge in [0, 0.05) is 50.9 Å². The van der Waals surface area contributed by atoms with E-state index in [-0.39, 0.29) is 17.7 Å². The monoisotopic (exact) mass is 371 g/mol. The smallest absolute Gasteiger partial charge is 0.253 e. The van der Waals surface area contributed by atoms with Crippen molar-refractivity contribution in [3.05, 3.63) is 42.5 Å². The maximum Gasteiger partial charge on any atom is 0.253 e. The van der Waals surface area contributed by atoms with Crippen molar-refractivity contribution in [1.29, 1.82) is 0 Å². The van der Waals surface area contributed by atoms with Crippen molar-refractivity contribution in [3.63, 3.8) is 0 Å². The minimum absolute atomic E-state index is 0.0477. The quantitative estimate of drug-likeness (QED) is 0.722. The molecule has 0 unspecified atom stereocenters. The Kier molecular flexibility index (Phi) is 7.16. The van der Waals surface area contributed by atoms with Crippen LogP contribution in [0.5, 0.6) is 0 Å². The predicted octanol–water partition coefficient (Wildman–Crippen LogP) is 2.56. The molecule has 0 bridgehead atoms. The maximum atomic E-state index is 12.7. The molecule has 1 heterocycles. The van der Waals surface area contributed by atoms with Crippen LogP contribution in [0.25, 0.3) is 0 Å². The fourth-order valence-electron chi connectivity index (χ4n) is 3.00. The third-order valence-electron chi connectivity index (χ3n) is 4.86. The SMILES string of the molecule is C=CC(=O)N(C)c1ccc(C(=O)N2CCN(C(=O)CCC(C)C)CC2)cc1. The van der Waals surface area contributed by atoms with Gasteiger partial charge in [0.1, 0.15) is 0 Å². The second kappa shape index (κ2) is 9.35. The number of anilines is 1. The minimum atomic E-state index is -0.202. The molecule has 1 aliphatic rings. The summed E-state index contributed by atoms with van der Waals surface area (Å²) in [5.74, 6) is 0.441. The highest BCUT2D eigenvalue weighted by atomic mass is 16.2. The summed E-state index contributed by atoms with van der Waals surface area (Å²) in [5.41, 5.74) is 1.29. The van der Waals surface area contributed by atoms with Crippen molar-refractivity contribution in [2.75, 3.05) is 38.1 Å². The normalized spacial score (nSPS) is 14.2. The molecule has 0 spiro atoms. The number of hydrogen-bond acceptors (Lipinski definition) is 3. The molecule has 27 heavy (non-hydrogen) atoms. The molecule has 1 aromatic carbocycles.